The maximum atomic E-state index is 12.7. The van der Waals surface area contributed by atoms with Crippen molar-refractivity contribution in [3.05, 3.63) is 81.7 Å². The lowest BCUT2D eigenvalue weighted by molar-refractivity contribution is -0.137. The van der Waals surface area contributed by atoms with Crippen LogP contribution in [0, 0.1) is 13.8 Å². The standard InChI is InChI=1S/C25H19F3N4O5/c1-11-18(29-12(2)20(11)23(35)36)10-17-16-8-7-15(9-19(16)31-22(17)34)30-24(37)32-21(33)13-3-5-14(6-4-13)25(26,27)28/h3-10,29H,1-2H3,(H,31,34)(H,35,36)(H2,30,32,33,37)/b17-10-. The number of carbonyl (C=O) groups is 4. The molecular weight excluding hydrogens is 493 g/mol. The molecule has 12 heteroatoms. The molecule has 5 N–H and O–H groups in total. The molecule has 4 rings (SSSR count). The Morgan fingerprint density at radius 2 is 1.70 bits per heavy atom. The molecule has 1 aromatic heterocycles. The summed E-state index contributed by atoms with van der Waals surface area (Å²) < 4.78 is 38.0. The number of carbonyl (C=O) groups excluding carboxylic acids is 3. The molecule has 1 aliphatic heterocycles. The number of fused-ring (bicyclic) bond motifs is 1. The van der Waals surface area contributed by atoms with E-state index in [1.807, 2.05) is 5.32 Å². The first kappa shape index (κ1) is 25.2. The molecule has 0 aliphatic carbocycles. The molecule has 0 spiro atoms. The topological polar surface area (TPSA) is 140 Å². The predicted molar refractivity (Wildman–Crippen MR) is 128 cm³/mol. The van der Waals surface area contributed by atoms with Crippen LogP contribution >= 0.6 is 0 Å². The number of anilines is 2. The van der Waals surface area contributed by atoms with Crippen LogP contribution in [0.25, 0.3) is 11.6 Å². The maximum absolute atomic E-state index is 12.7. The quantitative estimate of drug-likeness (QED) is 0.320. The third kappa shape index (κ3) is 5.08. The molecule has 37 heavy (non-hydrogen) atoms. The molecule has 0 radical (unpaired) electrons. The van der Waals surface area contributed by atoms with Crippen molar-refractivity contribution in [2.24, 2.45) is 0 Å². The zero-order valence-corrected chi connectivity index (χ0v) is 19.3. The molecule has 0 fully saturated rings. The van der Waals surface area contributed by atoms with Crippen molar-refractivity contribution < 1.29 is 37.5 Å². The average molecular weight is 512 g/mol. The van der Waals surface area contributed by atoms with Crippen LogP contribution in [0.5, 0.6) is 0 Å². The van der Waals surface area contributed by atoms with E-state index < -0.39 is 35.6 Å². The van der Waals surface area contributed by atoms with E-state index in [4.69, 9.17) is 0 Å². The van der Waals surface area contributed by atoms with Crippen LogP contribution in [-0.4, -0.2) is 33.9 Å². The Labute approximate surface area is 207 Å². The van der Waals surface area contributed by atoms with Gasteiger partial charge in [0.15, 0.2) is 0 Å². The Kier molecular flexibility index (Phi) is 6.34. The van der Waals surface area contributed by atoms with Gasteiger partial charge in [0, 0.05) is 28.2 Å². The molecule has 2 heterocycles. The lowest BCUT2D eigenvalue weighted by Gasteiger charge is -2.09. The number of urea groups is 1. The third-order valence-electron chi connectivity index (χ3n) is 5.74. The van der Waals surface area contributed by atoms with Crippen molar-refractivity contribution in [1.82, 2.24) is 10.3 Å². The number of aromatic amines is 1. The minimum Gasteiger partial charge on any atom is -0.478 e. The highest BCUT2D eigenvalue weighted by Gasteiger charge is 2.30. The first-order valence-corrected chi connectivity index (χ1v) is 10.7. The number of carboxylic acids is 1. The molecule has 1 aliphatic rings. The van der Waals surface area contributed by atoms with Crippen LogP contribution in [-0.2, 0) is 11.0 Å². The highest BCUT2D eigenvalue weighted by molar-refractivity contribution is 6.35. The number of nitrogens with one attached hydrogen (secondary N) is 4. The summed E-state index contributed by atoms with van der Waals surface area (Å²) in [7, 11) is 0. The molecule has 0 bridgehead atoms. The minimum atomic E-state index is -4.55. The average Bonchev–Trinajstić information content (AvgIpc) is 3.27. The molecule has 3 aromatic rings. The van der Waals surface area contributed by atoms with E-state index in [-0.39, 0.29) is 22.4 Å². The molecule has 0 atom stereocenters. The van der Waals surface area contributed by atoms with E-state index in [2.05, 4.69) is 15.6 Å². The molecule has 0 saturated heterocycles. The van der Waals surface area contributed by atoms with Crippen molar-refractivity contribution in [3.63, 3.8) is 0 Å². The number of H-pyrrole nitrogens is 1. The second-order valence-electron chi connectivity index (χ2n) is 8.22. The fourth-order valence-electron chi connectivity index (χ4n) is 3.95. The Hall–Kier alpha value is -4.87. The number of alkyl halides is 3. The van der Waals surface area contributed by atoms with Gasteiger partial charge in [-0.1, -0.05) is 6.07 Å². The minimum absolute atomic E-state index is 0.127. The zero-order chi connectivity index (χ0) is 27.1. The van der Waals surface area contributed by atoms with Gasteiger partial charge in [0.05, 0.1) is 22.4 Å². The fourth-order valence-corrected chi connectivity index (χ4v) is 3.95. The molecule has 4 amide bonds. The molecule has 190 valence electrons. The number of rotatable bonds is 4. The van der Waals surface area contributed by atoms with Crippen LogP contribution in [0.2, 0.25) is 0 Å². The van der Waals surface area contributed by atoms with Gasteiger partial charge >= 0.3 is 18.2 Å². The fraction of sp³-hybridized carbons (Fsp3) is 0.120. The summed E-state index contributed by atoms with van der Waals surface area (Å²) in [5.41, 5.74) is 1.87. The first-order valence-electron chi connectivity index (χ1n) is 10.7. The number of benzene rings is 2. The van der Waals surface area contributed by atoms with Gasteiger partial charge in [-0.15, -0.1) is 0 Å². The number of amides is 4. The number of halogens is 3. The van der Waals surface area contributed by atoms with Crippen molar-refractivity contribution >= 4 is 46.8 Å². The summed E-state index contributed by atoms with van der Waals surface area (Å²) in [6.45, 7) is 3.25. The monoisotopic (exact) mass is 512 g/mol. The first-order chi connectivity index (χ1) is 17.3. The van der Waals surface area contributed by atoms with Crippen LogP contribution in [0.4, 0.5) is 29.3 Å². The van der Waals surface area contributed by atoms with Crippen molar-refractivity contribution in [1.29, 1.82) is 0 Å². The van der Waals surface area contributed by atoms with E-state index in [0.717, 1.165) is 24.3 Å². The maximum Gasteiger partial charge on any atom is 0.416 e. The SMILES string of the molecule is Cc1[nH]c(/C=C2\C(=O)Nc3cc(NC(=O)NC(=O)c4ccc(C(F)(F)F)cc4)ccc32)c(C)c1C(=O)O. The highest BCUT2D eigenvalue weighted by atomic mass is 19.4. The van der Waals surface area contributed by atoms with Crippen molar-refractivity contribution in [3.8, 4) is 0 Å². The number of hydrogen-bond acceptors (Lipinski definition) is 4. The Morgan fingerprint density at radius 3 is 2.30 bits per heavy atom. The molecule has 0 unspecified atom stereocenters. The van der Waals surface area contributed by atoms with E-state index in [9.17, 15) is 37.5 Å². The van der Waals surface area contributed by atoms with Crippen LogP contribution in [0.3, 0.4) is 0 Å². The van der Waals surface area contributed by atoms with E-state index in [1.165, 1.54) is 12.1 Å². The molecule has 9 nitrogen and oxygen atoms in total. The van der Waals surface area contributed by atoms with Crippen LogP contribution in [0.15, 0.2) is 42.5 Å². The number of hydrogen-bond donors (Lipinski definition) is 5. The van der Waals surface area contributed by atoms with Crippen LogP contribution < -0.4 is 16.0 Å². The second kappa shape index (κ2) is 9.30. The van der Waals surface area contributed by atoms with Gasteiger partial charge in [-0.2, -0.15) is 13.2 Å². The Bertz CT molecular complexity index is 1490. The Morgan fingerprint density at radius 1 is 1.03 bits per heavy atom. The summed E-state index contributed by atoms with van der Waals surface area (Å²) in [6.07, 6.45) is -3.01. The summed E-state index contributed by atoms with van der Waals surface area (Å²) in [5.74, 6) is -2.42. The Balaban J connectivity index is 1.48. The lowest BCUT2D eigenvalue weighted by Crippen LogP contribution is -2.34. The number of aromatic nitrogens is 1. The van der Waals surface area contributed by atoms with Gasteiger partial charge < -0.3 is 20.7 Å². The molecule has 0 saturated carbocycles. The zero-order valence-electron chi connectivity index (χ0n) is 19.3. The summed E-state index contributed by atoms with van der Waals surface area (Å²) in [5, 5.41) is 16.5. The lowest BCUT2D eigenvalue weighted by atomic mass is 10.0. The number of imide groups is 1. The van der Waals surface area contributed by atoms with Gasteiger partial charge in [0.2, 0.25) is 0 Å². The number of aromatic carboxylic acids is 1. The van der Waals surface area contributed by atoms with Crippen molar-refractivity contribution in [2.75, 3.05) is 10.6 Å². The van der Waals surface area contributed by atoms with Gasteiger partial charge in [-0.25, -0.2) is 9.59 Å². The second-order valence-corrected chi connectivity index (χ2v) is 8.22. The third-order valence-corrected chi connectivity index (χ3v) is 5.74. The number of aryl methyl sites for hydroxylation is 1. The van der Waals surface area contributed by atoms with E-state index in [1.54, 1.807) is 26.0 Å². The van der Waals surface area contributed by atoms with Gasteiger partial charge in [0.1, 0.15) is 0 Å². The van der Waals surface area contributed by atoms with E-state index in [0.29, 0.717) is 28.2 Å². The highest BCUT2D eigenvalue weighted by Crippen LogP contribution is 2.36. The number of carboxylic acid groups (broad SMARTS) is 1. The summed E-state index contributed by atoms with van der Waals surface area (Å²) in [4.78, 5) is 51.4. The molecular formula is C25H19F3N4O5. The van der Waals surface area contributed by atoms with Gasteiger partial charge in [0.25, 0.3) is 11.8 Å². The largest absolute Gasteiger partial charge is 0.478 e. The van der Waals surface area contributed by atoms with Gasteiger partial charge in [-0.3, -0.25) is 14.9 Å². The predicted octanol–water partition coefficient (Wildman–Crippen LogP) is 4.80. The van der Waals surface area contributed by atoms with Gasteiger partial charge in [-0.05, 0) is 61.9 Å². The van der Waals surface area contributed by atoms with E-state index >= 15 is 0 Å². The smallest absolute Gasteiger partial charge is 0.416 e. The summed E-state index contributed by atoms with van der Waals surface area (Å²) >= 11 is 0. The van der Waals surface area contributed by atoms with Crippen molar-refractivity contribution in [2.45, 2.75) is 20.0 Å². The summed E-state index contributed by atoms with van der Waals surface area (Å²) in [6, 6.07) is 6.97. The molecule has 2 aromatic carbocycles. The van der Waals surface area contributed by atoms with Crippen LogP contribution in [0.1, 0.15) is 48.8 Å². The normalized spacial score (nSPS) is 13.8.